The first-order valence-corrected chi connectivity index (χ1v) is 6.62. The van der Waals surface area contributed by atoms with Crippen LogP contribution in [0.15, 0.2) is 22.7 Å². The molecule has 1 unspecified atom stereocenters. The third-order valence-corrected chi connectivity index (χ3v) is 3.27. The van der Waals surface area contributed by atoms with Gasteiger partial charge in [-0.2, -0.15) is 0 Å². The molecule has 18 heavy (non-hydrogen) atoms. The summed E-state index contributed by atoms with van der Waals surface area (Å²) < 4.78 is 13.9. The van der Waals surface area contributed by atoms with Gasteiger partial charge in [0.15, 0.2) is 0 Å². The van der Waals surface area contributed by atoms with E-state index < -0.39 is 5.97 Å². The average molecular weight is 318 g/mol. The lowest BCUT2D eigenvalue weighted by molar-refractivity contribution is -0.138. The number of rotatable bonds is 6. The lowest BCUT2D eigenvalue weighted by Gasteiger charge is -2.26. The van der Waals surface area contributed by atoms with Crippen molar-refractivity contribution in [2.75, 3.05) is 6.54 Å². The number of carboxylic acids is 1. The van der Waals surface area contributed by atoms with Crippen LogP contribution in [0.2, 0.25) is 0 Å². The molecule has 1 aromatic rings. The highest BCUT2D eigenvalue weighted by Gasteiger charge is 2.16. The fourth-order valence-corrected chi connectivity index (χ4v) is 2.41. The smallest absolute Gasteiger partial charge is 0.304 e. The van der Waals surface area contributed by atoms with Gasteiger partial charge in [0.2, 0.25) is 0 Å². The van der Waals surface area contributed by atoms with Crippen LogP contribution in [0.4, 0.5) is 4.39 Å². The van der Waals surface area contributed by atoms with Crippen molar-refractivity contribution in [2.24, 2.45) is 0 Å². The molecule has 0 aliphatic heterocycles. The molecule has 0 saturated carbocycles. The molecule has 1 N–H and O–H groups in total. The SMILES string of the molecule is CCN(Cc1cc(F)cc(Br)c1)C(C)CC(=O)O. The number of carboxylic acid groups (broad SMARTS) is 1. The van der Waals surface area contributed by atoms with Crippen molar-refractivity contribution < 1.29 is 14.3 Å². The van der Waals surface area contributed by atoms with Crippen molar-refractivity contribution >= 4 is 21.9 Å². The van der Waals surface area contributed by atoms with E-state index in [1.165, 1.54) is 12.1 Å². The first-order chi connectivity index (χ1) is 8.42. The number of carbonyl (C=O) groups is 1. The number of nitrogens with zero attached hydrogens (tertiary/aromatic N) is 1. The molecule has 0 heterocycles. The van der Waals surface area contributed by atoms with E-state index in [9.17, 15) is 9.18 Å². The van der Waals surface area contributed by atoms with Crippen molar-refractivity contribution in [3.63, 3.8) is 0 Å². The van der Waals surface area contributed by atoms with Gasteiger partial charge in [-0.05, 0) is 37.2 Å². The van der Waals surface area contributed by atoms with Crippen LogP contribution in [0.25, 0.3) is 0 Å². The van der Waals surface area contributed by atoms with Crippen molar-refractivity contribution in [3.05, 3.63) is 34.1 Å². The van der Waals surface area contributed by atoms with Crippen LogP contribution in [-0.4, -0.2) is 28.6 Å². The van der Waals surface area contributed by atoms with Crippen molar-refractivity contribution in [1.29, 1.82) is 0 Å². The van der Waals surface area contributed by atoms with Gasteiger partial charge in [0.05, 0.1) is 6.42 Å². The maximum absolute atomic E-state index is 13.3. The Kier molecular flexibility index (Phi) is 5.75. The Morgan fingerprint density at radius 2 is 2.17 bits per heavy atom. The zero-order valence-electron chi connectivity index (χ0n) is 10.5. The number of halogens is 2. The summed E-state index contributed by atoms with van der Waals surface area (Å²) in [5.74, 6) is -1.11. The molecule has 0 bridgehead atoms. The van der Waals surface area contributed by atoms with E-state index >= 15 is 0 Å². The lowest BCUT2D eigenvalue weighted by atomic mass is 10.1. The third-order valence-electron chi connectivity index (χ3n) is 2.81. The summed E-state index contributed by atoms with van der Waals surface area (Å²) >= 11 is 3.25. The minimum atomic E-state index is -0.818. The van der Waals surface area contributed by atoms with E-state index in [2.05, 4.69) is 15.9 Å². The Hall–Kier alpha value is -0.940. The van der Waals surface area contributed by atoms with Gasteiger partial charge in [-0.1, -0.05) is 22.9 Å². The molecular formula is C13H17BrFNO2. The van der Waals surface area contributed by atoms with Gasteiger partial charge in [0.25, 0.3) is 0 Å². The van der Waals surface area contributed by atoms with Crippen molar-refractivity contribution in [3.8, 4) is 0 Å². The van der Waals surface area contributed by atoms with Gasteiger partial charge in [0.1, 0.15) is 5.82 Å². The van der Waals surface area contributed by atoms with E-state index in [1.54, 1.807) is 0 Å². The molecule has 3 nitrogen and oxygen atoms in total. The standard InChI is InChI=1S/C13H17BrFNO2/c1-3-16(9(2)4-13(17)18)8-10-5-11(14)7-12(15)6-10/h5-7,9H,3-4,8H2,1-2H3,(H,17,18). The van der Waals surface area contributed by atoms with Crippen LogP contribution >= 0.6 is 15.9 Å². The minimum absolute atomic E-state index is 0.0745. The summed E-state index contributed by atoms with van der Waals surface area (Å²) in [5, 5.41) is 8.79. The van der Waals surface area contributed by atoms with Gasteiger partial charge in [0, 0.05) is 17.1 Å². The largest absolute Gasteiger partial charge is 0.481 e. The summed E-state index contributed by atoms with van der Waals surface area (Å²) in [6.45, 7) is 5.10. The first-order valence-electron chi connectivity index (χ1n) is 5.83. The molecular weight excluding hydrogens is 301 g/mol. The zero-order chi connectivity index (χ0) is 13.7. The minimum Gasteiger partial charge on any atom is -0.481 e. The Balaban J connectivity index is 2.75. The Morgan fingerprint density at radius 1 is 1.50 bits per heavy atom. The second kappa shape index (κ2) is 6.85. The maximum atomic E-state index is 13.3. The Labute approximate surface area is 115 Å². The fraction of sp³-hybridized carbons (Fsp3) is 0.462. The molecule has 0 saturated heterocycles. The van der Waals surface area contributed by atoms with Gasteiger partial charge in [-0.25, -0.2) is 4.39 Å². The topological polar surface area (TPSA) is 40.5 Å². The summed E-state index contributed by atoms with van der Waals surface area (Å²) in [6, 6.07) is 4.65. The van der Waals surface area contributed by atoms with Crippen LogP contribution in [0.1, 0.15) is 25.8 Å². The normalized spacial score (nSPS) is 12.7. The molecule has 1 aromatic carbocycles. The molecule has 1 atom stereocenters. The molecule has 0 spiro atoms. The number of hydrogen-bond donors (Lipinski definition) is 1. The van der Waals surface area contributed by atoms with Crippen LogP contribution in [0.3, 0.4) is 0 Å². The molecule has 0 aliphatic carbocycles. The number of hydrogen-bond acceptors (Lipinski definition) is 2. The highest BCUT2D eigenvalue weighted by atomic mass is 79.9. The summed E-state index contributed by atoms with van der Waals surface area (Å²) in [4.78, 5) is 12.7. The van der Waals surface area contributed by atoms with Gasteiger partial charge >= 0.3 is 5.97 Å². The predicted octanol–water partition coefficient (Wildman–Crippen LogP) is 3.27. The van der Waals surface area contributed by atoms with Crippen molar-refractivity contribution in [1.82, 2.24) is 4.90 Å². The molecule has 0 aliphatic rings. The molecule has 0 amide bonds. The third kappa shape index (κ3) is 4.74. The second-order valence-electron chi connectivity index (χ2n) is 4.29. The van der Waals surface area contributed by atoms with Crippen LogP contribution in [0, 0.1) is 5.82 Å². The van der Waals surface area contributed by atoms with Crippen LogP contribution in [0.5, 0.6) is 0 Å². The summed E-state index contributed by atoms with van der Waals surface area (Å²) in [5.41, 5.74) is 0.834. The first kappa shape index (κ1) is 15.1. The fourth-order valence-electron chi connectivity index (χ4n) is 1.90. The zero-order valence-corrected chi connectivity index (χ0v) is 12.1. The quantitative estimate of drug-likeness (QED) is 0.875. The summed E-state index contributed by atoms with van der Waals surface area (Å²) in [6.07, 6.45) is 0.0876. The van der Waals surface area contributed by atoms with E-state index in [-0.39, 0.29) is 18.3 Å². The van der Waals surface area contributed by atoms with E-state index in [4.69, 9.17) is 5.11 Å². The lowest BCUT2D eigenvalue weighted by Crippen LogP contribution is -2.34. The van der Waals surface area contributed by atoms with Gasteiger partial charge in [-0.15, -0.1) is 0 Å². The summed E-state index contributed by atoms with van der Waals surface area (Å²) in [7, 11) is 0. The maximum Gasteiger partial charge on any atom is 0.304 e. The van der Waals surface area contributed by atoms with E-state index in [0.29, 0.717) is 11.0 Å². The molecule has 0 fully saturated rings. The number of aliphatic carboxylic acids is 1. The highest BCUT2D eigenvalue weighted by molar-refractivity contribution is 9.10. The van der Waals surface area contributed by atoms with Crippen molar-refractivity contribution in [2.45, 2.75) is 32.9 Å². The predicted molar refractivity (Wildman–Crippen MR) is 71.9 cm³/mol. The molecule has 0 aromatic heterocycles. The van der Waals surface area contributed by atoms with Crippen LogP contribution in [-0.2, 0) is 11.3 Å². The monoisotopic (exact) mass is 317 g/mol. The molecule has 100 valence electrons. The molecule has 1 rings (SSSR count). The van der Waals surface area contributed by atoms with Gasteiger partial charge < -0.3 is 5.11 Å². The van der Waals surface area contributed by atoms with Gasteiger partial charge in [-0.3, -0.25) is 9.69 Å². The highest BCUT2D eigenvalue weighted by Crippen LogP contribution is 2.17. The molecule has 5 heteroatoms. The Morgan fingerprint density at radius 3 is 2.67 bits per heavy atom. The average Bonchev–Trinajstić information content (AvgIpc) is 2.23. The Bertz CT molecular complexity index is 405. The number of benzene rings is 1. The second-order valence-corrected chi connectivity index (χ2v) is 5.20. The van der Waals surface area contributed by atoms with E-state index in [1.807, 2.05) is 24.8 Å². The van der Waals surface area contributed by atoms with Crippen LogP contribution < -0.4 is 0 Å². The molecule has 0 radical (unpaired) electrons. The van der Waals surface area contributed by atoms with E-state index in [0.717, 1.165) is 12.1 Å².